The Labute approximate surface area is 155 Å². The normalized spacial score (nSPS) is 33.0. The number of rotatable bonds is 3. The topological polar surface area (TPSA) is 52.6 Å². The van der Waals surface area contributed by atoms with E-state index in [4.69, 9.17) is 9.47 Å². The highest BCUT2D eigenvalue weighted by Crippen LogP contribution is 2.58. The Morgan fingerprint density at radius 3 is 2.58 bits per heavy atom. The molecule has 2 fully saturated rings. The number of carbonyl (C=O) groups excluding carboxylic acids is 2. The van der Waals surface area contributed by atoms with E-state index in [9.17, 15) is 9.59 Å². The fraction of sp³-hybridized carbons (Fsp3) is 0.636. The number of fused-ring (bicyclic) bond motifs is 3. The molecule has 3 aliphatic carbocycles. The first-order valence-corrected chi connectivity index (χ1v) is 9.82. The van der Waals surface area contributed by atoms with Crippen LogP contribution in [0.25, 0.3) is 0 Å². The molecule has 1 aromatic carbocycles. The van der Waals surface area contributed by atoms with Gasteiger partial charge in [-0.1, -0.05) is 19.4 Å². The largest absolute Gasteiger partial charge is 0.469 e. The highest BCUT2D eigenvalue weighted by Gasteiger charge is 2.55. The van der Waals surface area contributed by atoms with Crippen LogP contribution in [0.2, 0.25) is 0 Å². The number of hydrogen-bond donors (Lipinski definition) is 0. The number of benzene rings is 1. The Hall–Kier alpha value is -1.84. The molecule has 0 aliphatic heterocycles. The van der Waals surface area contributed by atoms with Crippen LogP contribution in [-0.4, -0.2) is 19.0 Å². The number of carbonyl (C=O) groups is 2. The van der Waals surface area contributed by atoms with Gasteiger partial charge in [0.15, 0.2) is 0 Å². The number of methoxy groups -OCH3 is 1. The van der Waals surface area contributed by atoms with Crippen LogP contribution < -0.4 is 4.74 Å². The van der Waals surface area contributed by atoms with Gasteiger partial charge < -0.3 is 9.47 Å². The first-order valence-electron chi connectivity index (χ1n) is 9.82. The monoisotopic (exact) mass is 356 g/mol. The van der Waals surface area contributed by atoms with Gasteiger partial charge in [-0.05, 0) is 80.0 Å². The van der Waals surface area contributed by atoms with E-state index in [1.54, 1.807) is 0 Å². The molecule has 3 aliphatic rings. The van der Waals surface area contributed by atoms with Crippen LogP contribution in [0.3, 0.4) is 0 Å². The summed E-state index contributed by atoms with van der Waals surface area (Å²) in [6, 6.07) is 6.09. The van der Waals surface area contributed by atoms with Crippen molar-refractivity contribution in [3.05, 3.63) is 29.3 Å². The van der Waals surface area contributed by atoms with Gasteiger partial charge in [-0.3, -0.25) is 9.59 Å². The van der Waals surface area contributed by atoms with Crippen molar-refractivity contribution in [2.45, 2.75) is 64.2 Å². The minimum atomic E-state index is -0.444. The summed E-state index contributed by atoms with van der Waals surface area (Å²) in [6.45, 7) is 4.35. The van der Waals surface area contributed by atoms with Gasteiger partial charge >= 0.3 is 11.9 Å². The maximum Gasteiger partial charge on any atom is 0.314 e. The summed E-state index contributed by atoms with van der Waals surface area (Å²) in [5.41, 5.74) is 2.05. The third kappa shape index (κ3) is 2.65. The summed E-state index contributed by atoms with van der Waals surface area (Å²) < 4.78 is 10.8. The van der Waals surface area contributed by atoms with E-state index in [1.165, 1.54) is 18.2 Å². The highest BCUT2D eigenvalue weighted by atomic mass is 16.5. The molecule has 0 amide bonds. The molecule has 0 unspecified atom stereocenters. The molecule has 2 saturated carbocycles. The van der Waals surface area contributed by atoms with Crippen molar-refractivity contribution in [3.63, 3.8) is 0 Å². The lowest BCUT2D eigenvalue weighted by Gasteiger charge is -2.54. The zero-order valence-corrected chi connectivity index (χ0v) is 16.0. The Kier molecular flexibility index (Phi) is 4.13. The summed E-state index contributed by atoms with van der Waals surface area (Å²) in [7, 11) is 1.49. The second kappa shape index (κ2) is 6.11. The van der Waals surface area contributed by atoms with Crippen molar-refractivity contribution >= 4 is 11.9 Å². The van der Waals surface area contributed by atoms with E-state index in [2.05, 4.69) is 26.0 Å². The van der Waals surface area contributed by atoms with Crippen molar-refractivity contribution in [3.8, 4) is 5.75 Å². The maximum absolute atomic E-state index is 12.6. The van der Waals surface area contributed by atoms with Gasteiger partial charge in [-0.25, -0.2) is 0 Å². The van der Waals surface area contributed by atoms with E-state index in [1.807, 2.05) is 6.07 Å². The standard InChI is InChI=1S/C22H28O4/c1-21-11-4-12-22(2,20(24)25-3)18(21)10-8-14-7-9-16(13-17(14)21)26-19(23)15-5-6-15/h7,9,13,15,18H,4-6,8,10-12H2,1-3H3/t18-,21-,22+/m1/s1. The lowest BCUT2D eigenvalue weighted by atomic mass is 9.50. The minimum absolute atomic E-state index is 0.0865. The molecule has 0 bridgehead atoms. The Morgan fingerprint density at radius 1 is 1.12 bits per heavy atom. The molecule has 0 radical (unpaired) electrons. The van der Waals surface area contributed by atoms with Crippen LogP contribution in [0.15, 0.2) is 18.2 Å². The van der Waals surface area contributed by atoms with E-state index in [0.717, 1.165) is 44.9 Å². The Balaban J connectivity index is 1.70. The van der Waals surface area contributed by atoms with Crippen molar-refractivity contribution < 1.29 is 19.1 Å². The van der Waals surface area contributed by atoms with Crippen molar-refractivity contribution in [1.29, 1.82) is 0 Å². The summed E-state index contributed by atoms with van der Waals surface area (Å²) in [6.07, 6.45) is 6.78. The van der Waals surface area contributed by atoms with Crippen molar-refractivity contribution in [2.24, 2.45) is 17.3 Å². The quantitative estimate of drug-likeness (QED) is 0.602. The minimum Gasteiger partial charge on any atom is -0.469 e. The van der Waals surface area contributed by atoms with Crippen LogP contribution in [0.4, 0.5) is 0 Å². The first-order chi connectivity index (χ1) is 12.4. The molecular formula is C22H28O4. The predicted octanol–water partition coefficient (Wildman–Crippen LogP) is 4.19. The van der Waals surface area contributed by atoms with E-state index in [-0.39, 0.29) is 29.2 Å². The van der Waals surface area contributed by atoms with Crippen molar-refractivity contribution in [2.75, 3.05) is 7.11 Å². The lowest BCUT2D eigenvalue weighted by molar-refractivity contribution is -0.161. The summed E-state index contributed by atoms with van der Waals surface area (Å²) in [4.78, 5) is 24.7. The molecule has 140 valence electrons. The summed E-state index contributed by atoms with van der Waals surface area (Å²) in [5.74, 6) is 0.788. The van der Waals surface area contributed by atoms with Gasteiger partial charge in [-0.15, -0.1) is 0 Å². The van der Waals surface area contributed by atoms with Crippen molar-refractivity contribution in [1.82, 2.24) is 0 Å². The molecular weight excluding hydrogens is 328 g/mol. The van der Waals surface area contributed by atoms with Crippen LogP contribution in [0.5, 0.6) is 5.75 Å². The van der Waals surface area contributed by atoms with Crippen LogP contribution in [-0.2, 0) is 26.2 Å². The molecule has 26 heavy (non-hydrogen) atoms. The molecule has 0 N–H and O–H groups in total. The molecule has 0 spiro atoms. The second-order valence-electron chi connectivity index (χ2n) is 8.79. The molecule has 4 nitrogen and oxygen atoms in total. The predicted molar refractivity (Wildman–Crippen MR) is 97.9 cm³/mol. The fourth-order valence-electron chi connectivity index (χ4n) is 5.50. The summed E-state index contributed by atoms with van der Waals surface area (Å²) >= 11 is 0. The molecule has 3 atom stereocenters. The number of hydrogen-bond acceptors (Lipinski definition) is 4. The second-order valence-corrected chi connectivity index (χ2v) is 8.79. The number of ether oxygens (including phenoxy) is 2. The average molecular weight is 356 g/mol. The van der Waals surface area contributed by atoms with Crippen LogP contribution in [0.1, 0.15) is 63.5 Å². The molecule has 4 heteroatoms. The lowest BCUT2D eigenvalue weighted by Crippen LogP contribution is -2.52. The average Bonchev–Trinajstić information content (AvgIpc) is 3.46. The molecule has 0 saturated heterocycles. The van der Waals surface area contributed by atoms with Gasteiger partial charge in [-0.2, -0.15) is 0 Å². The third-order valence-electron chi connectivity index (χ3n) is 7.11. The zero-order chi connectivity index (χ0) is 18.5. The fourth-order valence-corrected chi connectivity index (χ4v) is 5.50. The van der Waals surface area contributed by atoms with Gasteiger partial charge in [0.25, 0.3) is 0 Å². The molecule has 4 rings (SSSR count). The molecule has 0 heterocycles. The van der Waals surface area contributed by atoms with Gasteiger partial charge in [0.1, 0.15) is 5.75 Å². The van der Waals surface area contributed by atoms with E-state index in [0.29, 0.717) is 5.75 Å². The van der Waals surface area contributed by atoms with Crippen LogP contribution in [0, 0.1) is 17.3 Å². The SMILES string of the molecule is COC(=O)[C@@]1(C)CCC[C@]2(C)c3cc(OC(=O)C4CC4)ccc3CC[C@@H]12. The van der Waals surface area contributed by atoms with Gasteiger partial charge in [0.2, 0.25) is 0 Å². The maximum atomic E-state index is 12.6. The zero-order valence-electron chi connectivity index (χ0n) is 16.0. The number of esters is 2. The first kappa shape index (κ1) is 17.6. The van der Waals surface area contributed by atoms with E-state index >= 15 is 0 Å². The summed E-state index contributed by atoms with van der Waals surface area (Å²) in [5, 5.41) is 0. The highest BCUT2D eigenvalue weighted by molar-refractivity contribution is 5.78. The molecule has 0 aromatic heterocycles. The Bertz CT molecular complexity index is 751. The molecule has 1 aromatic rings. The van der Waals surface area contributed by atoms with Crippen LogP contribution >= 0.6 is 0 Å². The number of aryl methyl sites for hydroxylation is 1. The smallest absolute Gasteiger partial charge is 0.314 e. The van der Waals surface area contributed by atoms with E-state index < -0.39 is 5.41 Å². The van der Waals surface area contributed by atoms with Gasteiger partial charge in [0.05, 0.1) is 18.4 Å². The Morgan fingerprint density at radius 2 is 1.88 bits per heavy atom. The third-order valence-corrected chi connectivity index (χ3v) is 7.11. The van der Waals surface area contributed by atoms with Gasteiger partial charge in [0, 0.05) is 0 Å².